The van der Waals surface area contributed by atoms with Gasteiger partial charge in [0, 0.05) is 12.1 Å². The Morgan fingerprint density at radius 3 is 2.21 bits per heavy atom. The number of nitrogens with zero attached hydrogens (tertiary/aromatic N) is 4. The van der Waals surface area contributed by atoms with Gasteiger partial charge in [-0.15, -0.1) is 15.0 Å². The Morgan fingerprint density at radius 1 is 1.05 bits per heavy atom. The number of ether oxygens (including phenoxy) is 3. The molecule has 0 amide bonds. The van der Waals surface area contributed by atoms with Crippen molar-refractivity contribution in [2.24, 2.45) is 0 Å². The highest BCUT2D eigenvalue weighted by atomic mass is 16.5. The van der Waals surface area contributed by atoms with Crippen molar-refractivity contribution in [3.63, 3.8) is 0 Å². The van der Waals surface area contributed by atoms with Crippen LogP contribution in [0.5, 0.6) is 17.2 Å². The molecule has 0 saturated heterocycles. The number of hydrogen-bond acceptors (Lipinski definition) is 7. The summed E-state index contributed by atoms with van der Waals surface area (Å²) in [5.74, 6) is 1.77. The number of aliphatic hydroxyl groups excluding tert-OH is 1. The third kappa shape index (κ3) is 2.43. The van der Waals surface area contributed by atoms with Gasteiger partial charge in [0.25, 0.3) is 0 Å². The fraction of sp³-hybridized carbons (Fsp3) is 0.364. The van der Waals surface area contributed by atoms with Gasteiger partial charge >= 0.3 is 0 Å². The molecule has 0 aliphatic carbocycles. The van der Waals surface area contributed by atoms with E-state index in [1.165, 1.54) is 26.1 Å². The monoisotopic (exact) mass is 266 g/mol. The molecule has 2 rings (SSSR count). The Labute approximate surface area is 109 Å². The molecule has 1 aromatic heterocycles. The third-order valence-electron chi connectivity index (χ3n) is 2.50. The predicted molar refractivity (Wildman–Crippen MR) is 64.7 cm³/mol. The van der Waals surface area contributed by atoms with E-state index in [4.69, 9.17) is 19.3 Å². The minimum atomic E-state index is -0.282. The summed E-state index contributed by atoms with van der Waals surface area (Å²) < 4.78 is 15.7. The van der Waals surface area contributed by atoms with Gasteiger partial charge in [-0.2, -0.15) is 0 Å². The predicted octanol–water partition coefficient (Wildman–Crippen LogP) is 0.180. The van der Waals surface area contributed by atoms with E-state index in [0.29, 0.717) is 22.9 Å². The highest BCUT2D eigenvalue weighted by Crippen LogP contribution is 2.35. The number of methoxy groups -OCH3 is 3. The van der Waals surface area contributed by atoms with Gasteiger partial charge in [-0.3, -0.25) is 0 Å². The second-order valence-corrected chi connectivity index (χ2v) is 3.53. The Kier molecular flexibility index (Phi) is 3.81. The average molecular weight is 266 g/mol. The largest absolute Gasteiger partial charge is 0.494 e. The minimum absolute atomic E-state index is 0.219. The molecule has 1 aromatic carbocycles. The molecule has 0 spiro atoms. The van der Waals surface area contributed by atoms with E-state index in [0.717, 1.165) is 0 Å². The Morgan fingerprint density at radius 2 is 1.68 bits per heavy atom. The highest BCUT2D eigenvalue weighted by Gasteiger charge is 2.15. The molecule has 0 unspecified atom stereocenters. The number of aromatic nitrogens is 4. The molecule has 8 heteroatoms. The summed E-state index contributed by atoms with van der Waals surface area (Å²) in [6.45, 7) is -0.282. The van der Waals surface area contributed by atoms with Gasteiger partial charge < -0.3 is 19.3 Å². The summed E-state index contributed by atoms with van der Waals surface area (Å²) in [6.07, 6.45) is 0. The lowest BCUT2D eigenvalue weighted by Crippen LogP contribution is -2.04. The second-order valence-electron chi connectivity index (χ2n) is 3.53. The Hall–Kier alpha value is -2.35. The van der Waals surface area contributed by atoms with Crippen LogP contribution in [0, 0.1) is 0 Å². The summed E-state index contributed by atoms with van der Waals surface area (Å²) in [4.78, 5) is 1.26. The summed E-state index contributed by atoms with van der Waals surface area (Å²) in [7, 11) is 4.59. The molecule has 1 N–H and O–H groups in total. The van der Waals surface area contributed by atoms with Gasteiger partial charge in [-0.05, 0) is 5.21 Å². The molecule has 0 bridgehead atoms. The van der Waals surface area contributed by atoms with E-state index in [1.54, 1.807) is 12.1 Å². The standard InChI is InChI=1S/C11H14N4O4/c1-17-8-5-10(19-3)9(18-2)4-7(8)15-13-11(6-16)12-14-15/h4-5,16H,6H2,1-3H3. The fourth-order valence-electron chi connectivity index (χ4n) is 1.58. The van der Waals surface area contributed by atoms with Gasteiger partial charge in [0.1, 0.15) is 18.0 Å². The van der Waals surface area contributed by atoms with Crippen molar-refractivity contribution >= 4 is 0 Å². The number of hydrogen-bond donors (Lipinski definition) is 1. The van der Waals surface area contributed by atoms with Crippen LogP contribution in [0.1, 0.15) is 5.82 Å². The maximum absolute atomic E-state index is 8.95. The maximum Gasteiger partial charge on any atom is 0.200 e. The molecule has 0 saturated carbocycles. The normalized spacial score (nSPS) is 10.3. The van der Waals surface area contributed by atoms with Gasteiger partial charge in [0.15, 0.2) is 11.5 Å². The molecule has 19 heavy (non-hydrogen) atoms. The van der Waals surface area contributed by atoms with Crippen LogP contribution in [0.15, 0.2) is 12.1 Å². The van der Waals surface area contributed by atoms with Crippen molar-refractivity contribution < 1.29 is 19.3 Å². The van der Waals surface area contributed by atoms with E-state index in [1.807, 2.05) is 0 Å². The van der Waals surface area contributed by atoms with E-state index in [-0.39, 0.29) is 12.4 Å². The molecular formula is C11H14N4O4. The van der Waals surface area contributed by atoms with Crippen LogP contribution in [0.25, 0.3) is 5.69 Å². The Balaban J connectivity index is 2.54. The van der Waals surface area contributed by atoms with Gasteiger partial charge in [0.2, 0.25) is 5.82 Å². The molecule has 0 aliphatic rings. The lowest BCUT2D eigenvalue weighted by atomic mass is 10.2. The van der Waals surface area contributed by atoms with E-state index in [9.17, 15) is 0 Å². The van der Waals surface area contributed by atoms with Gasteiger partial charge in [-0.25, -0.2) is 0 Å². The summed E-state index contributed by atoms with van der Waals surface area (Å²) in [6, 6.07) is 3.33. The summed E-state index contributed by atoms with van der Waals surface area (Å²) in [5.41, 5.74) is 0.535. The van der Waals surface area contributed by atoms with Gasteiger partial charge in [0.05, 0.1) is 21.3 Å². The van der Waals surface area contributed by atoms with Crippen LogP contribution in [-0.4, -0.2) is 46.6 Å². The summed E-state index contributed by atoms with van der Waals surface area (Å²) >= 11 is 0. The van der Waals surface area contributed by atoms with Crippen LogP contribution in [0.3, 0.4) is 0 Å². The highest BCUT2D eigenvalue weighted by molar-refractivity contribution is 5.57. The number of rotatable bonds is 5. The van der Waals surface area contributed by atoms with Crippen LogP contribution in [0.4, 0.5) is 0 Å². The van der Waals surface area contributed by atoms with E-state index >= 15 is 0 Å². The zero-order valence-corrected chi connectivity index (χ0v) is 10.8. The minimum Gasteiger partial charge on any atom is -0.494 e. The number of aliphatic hydroxyl groups is 1. The first-order chi connectivity index (χ1) is 9.23. The Bertz CT molecular complexity index is 570. The van der Waals surface area contributed by atoms with Crippen molar-refractivity contribution in [1.82, 2.24) is 20.2 Å². The quantitative estimate of drug-likeness (QED) is 0.825. The first-order valence-corrected chi connectivity index (χ1v) is 5.43. The first-order valence-electron chi connectivity index (χ1n) is 5.43. The van der Waals surface area contributed by atoms with Gasteiger partial charge in [-0.1, -0.05) is 0 Å². The molecule has 102 valence electrons. The lowest BCUT2D eigenvalue weighted by Gasteiger charge is -2.12. The van der Waals surface area contributed by atoms with Crippen LogP contribution < -0.4 is 14.2 Å². The SMILES string of the molecule is COc1cc(OC)c(-n2nnc(CO)n2)cc1OC. The maximum atomic E-state index is 8.95. The molecular weight excluding hydrogens is 252 g/mol. The van der Waals surface area contributed by atoms with Crippen molar-refractivity contribution in [3.8, 4) is 22.9 Å². The van der Waals surface area contributed by atoms with Crippen molar-refractivity contribution in [2.75, 3.05) is 21.3 Å². The molecule has 0 radical (unpaired) electrons. The first kappa shape index (κ1) is 13.1. The summed E-state index contributed by atoms with van der Waals surface area (Å²) in [5, 5.41) is 20.5. The second kappa shape index (κ2) is 5.53. The van der Waals surface area contributed by atoms with E-state index < -0.39 is 0 Å². The molecule has 0 fully saturated rings. The topological polar surface area (TPSA) is 91.5 Å². The molecule has 8 nitrogen and oxygen atoms in total. The van der Waals surface area contributed by atoms with Crippen molar-refractivity contribution in [1.29, 1.82) is 0 Å². The zero-order valence-electron chi connectivity index (χ0n) is 10.8. The number of tetrazole rings is 1. The molecule has 2 aromatic rings. The molecule has 1 heterocycles. The van der Waals surface area contributed by atoms with Crippen LogP contribution in [-0.2, 0) is 6.61 Å². The van der Waals surface area contributed by atoms with Crippen molar-refractivity contribution in [2.45, 2.75) is 6.61 Å². The van der Waals surface area contributed by atoms with E-state index in [2.05, 4.69) is 15.4 Å². The average Bonchev–Trinajstić information content (AvgIpc) is 2.94. The smallest absolute Gasteiger partial charge is 0.200 e. The zero-order chi connectivity index (χ0) is 13.8. The fourth-order valence-corrected chi connectivity index (χ4v) is 1.58. The molecule has 0 atom stereocenters. The molecule has 0 aliphatic heterocycles. The van der Waals surface area contributed by atoms with Crippen LogP contribution >= 0.6 is 0 Å². The lowest BCUT2D eigenvalue weighted by molar-refractivity contribution is 0.271. The van der Waals surface area contributed by atoms with Crippen LogP contribution in [0.2, 0.25) is 0 Å². The number of benzene rings is 1. The van der Waals surface area contributed by atoms with Crippen molar-refractivity contribution in [3.05, 3.63) is 18.0 Å². The third-order valence-corrected chi connectivity index (χ3v) is 2.50.